The van der Waals surface area contributed by atoms with Gasteiger partial charge in [-0.1, -0.05) is 18.2 Å². The number of anilines is 1. The summed E-state index contributed by atoms with van der Waals surface area (Å²) in [6.07, 6.45) is 1.45. The van der Waals surface area contributed by atoms with Crippen molar-refractivity contribution < 1.29 is 14.3 Å². The topological polar surface area (TPSA) is 90.6 Å². The van der Waals surface area contributed by atoms with Crippen LogP contribution in [0.15, 0.2) is 53.3 Å². The van der Waals surface area contributed by atoms with Gasteiger partial charge in [-0.2, -0.15) is 5.10 Å². The summed E-state index contributed by atoms with van der Waals surface area (Å²) >= 11 is 0. The van der Waals surface area contributed by atoms with Gasteiger partial charge in [-0.3, -0.25) is 0 Å². The van der Waals surface area contributed by atoms with Gasteiger partial charge in [-0.05, 0) is 37.1 Å². The van der Waals surface area contributed by atoms with Crippen molar-refractivity contribution in [2.24, 2.45) is 7.05 Å². The first-order chi connectivity index (χ1) is 15.5. The molecule has 2 heterocycles. The molecule has 9 heteroatoms. The Kier molecular flexibility index (Phi) is 6.16. The predicted molar refractivity (Wildman–Crippen MR) is 121 cm³/mol. The molecule has 32 heavy (non-hydrogen) atoms. The van der Waals surface area contributed by atoms with Crippen LogP contribution in [0.25, 0.3) is 5.69 Å². The number of carbonyl (C=O) groups is 1. The molecule has 0 aliphatic carbocycles. The van der Waals surface area contributed by atoms with Crippen molar-refractivity contribution in [2.45, 2.75) is 18.8 Å². The summed E-state index contributed by atoms with van der Waals surface area (Å²) in [7, 11) is 4.79. The van der Waals surface area contributed by atoms with Gasteiger partial charge in [0.1, 0.15) is 5.82 Å². The number of piperidine rings is 1. The number of benzene rings is 2. The number of amides is 2. The van der Waals surface area contributed by atoms with Crippen LogP contribution >= 0.6 is 0 Å². The lowest BCUT2D eigenvalue weighted by Gasteiger charge is -2.31. The second kappa shape index (κ2) is 9.17. The molecule has 0 saturated carbocycles. The van der Waals surface area contributed by atoms with E-state index >= 15 is 0 Å². The minimum atomic E-state index is -0.169. The Morgan fingerprint density at radius 3 is 2.38 bits per heavy atom. The molecule has 0 bridgehead atoms. The normalized spacial score (nSPS) is 14.3. The maximum absolute atomic E-state index is 12.8. The van der Waals surface area contributed by atoms with Crippen LogP contribution < -0.4 is 20.5 Å². The summed E-state index contributed by atoms with van der Waals surface area (Å²) in [5.74, 6) is 1.99. The lowest BCUT2D eigenvalue weighted by atomic mass is 9.96. The van der Waals surface area contributed by atoms with E-state index in [4.69, 9.17) is 9.47 Å². The van der Waals surface area contributed by atoms with E-state index in [2.05, 4.69) is 10.4 Å². The maximum Gasteiger partial charge on any atom is 0.350 e. The molecule has 0 radical (unpaired) electrons. The molecular formula is C23H27N5O4. The van der Waals surface area contributed by atoms with E-state index < -0.39 is 0 Å². The van der Waals surface area contributed by atoms with Crippen LogP contribution in [0.2, 0.25) is 0 Å². The van der Waals surface area contributed by atoms with Gasteiger partial charge in [0.2, 0.25) is 0 Å². The number of urea groups is 1. The zero-order valence-electron chi connectivity index (χ0n) is 18.4. The Hall–Kier alpha value is -3.75. The third-order valence-electron chi connectivity index (χ3n) is 5.75. The van der Waals surface area contributed by atoms with Crippen LogP contribution in [0, 0.1) is 0 Å². The number of aromatic nitrogens is 3. The molecule has 0 unspecified atom stereocenters. The number of hydrogen-bond acceptors (Lipinski definition) is 5. The number of carbonyl (C=O) groups excluding carboxylic acids is 1. The minimum absolute atomic E-state index is 0.0919. The zero-order chi connectivity index (χ0) is 22.7. The molecular weight excluding hydrogens is 410 g/mol. The van der Waals surface area contributed by atoms with Gasteiger partial charge in [0, 0.05) is 37.8 Å². The first kappa shape index (κ1) is 21.5. The van der Waals surface area contributed by atoms with E-state index in [1.807, 2.05) is 30.3 Å². The summed E-state index contributed by atoms with van der Waals surface area (Å²) < 4.78 is 13.6. The lowest BCUT2D eigenvalue weighted by molar-refractivity contribution is 0.193. The molecule has 1 aliphatic heterocycles. The largest absolute Gasteiger partial charge is 0.493 e. The summed E-state index contributed by atoms with van der Waals surface area (Å²) in [6.45, 7) is 1.15. The maximum atomic E-state index is 12.8. The van der Waals surface area contributed by atoms with Crippen molar-refractivity contribution in [1.29, 1.82) is 0 Å². The molecule has 1 N–H and O–H groups in total. The van der Waals surface area contributed by atoms with Crippen LogP contribution in [0.3, 0.4) is 0 Å². The highest BCUT2D eigenvalue weighted by atomic mass is 16.5. The number of para-hydroxylation sites is 1. The molecule has 1 aliphatic rings. The second-order valence-electron chi connectivity index (χ2n) is 7.70. The van der Waals surface area contributed by atoms with E-state index in [0.717, 1.165) is 24.4 Å². The van der Waals surface area contributed by atoms with Gasteiger partial charge in [-0.25, -0.2) is 18.8 Å². The Morgan fingerprint density at radius 2 is 1.72 bits per heavy atom. The number of rotatable bonds is 5. The fourth-order valence-electron chi connectivity index (χ4n) is 4.03. The average Bonchev–Trinajstić information content (AvgIpc) is 3.13. The van der Waals surface area contributed by atoms with Crippen LogP contribution in [-0.4, -0.2) is 52.6 Å². The smallest absolute Gasteiger partial charge is 0.350 e. The van der Waals surface area contributed by atoms with E-state index in [-0.39, 0.29) is 17.6 Å². The zero-order valence-corrected chi connectivity index (χ0v) is 18.4. The molecule has 2 amide bonds. The van der Waals surface area contributed by atoms with Crippen LogP contribution in [-0.2, 0) is 7.05 Å². The SMILES string of the molecule is COc1ccc(NC(=O)N2CCC(c3nn(C)c(=O)n3-c3ccccc3)CC2)cc1OC. The predicted octanol–water partition coefficient (Wildman–Crippen LogP) is 3.00. The molecule has 1 fully saturated rings. The monoisotopic (exact) mass is 437 g/mol. The summed E-state index contributed by atoms with van der Waals surface area (Å²) in [4.78, 5) is 27.2. The van der Waals surface area contributed by atoms with Crippen molar-refractivity contribution in [3.05, 3.63) is 64.8 Å². The number of hydrogen-bond donors (Lipinski definition) is 1. The van der Waals surface area contributed by atoms with Crippen LogP contribution in [0.1, 0.15) is 24.6 Å². The summed E-state index contributed by atoms with van der Waals surface area (Å²) in [6, 6.07) is 14.6. The number of ether oxygens (including phenoxy) is 2. The highest BCUT2D eigenvalue weighted by Gasteiger charge is 2.29. The number of nitrogens with one attached hydrogen (secondary N) is 1. The average molecular weight is 438 g/mol. The number of nitrogens with zero attached hydrogens (tertiary/aromatic N) is 4. The summed E-state index contributed by atoms with van der Waals surface area (Å²) in [5, 5.41) is 7.42. The van der Waals surface area contributed by atoms with E-state index in [1.165, 1.54) is 4.68 Å². The third-order valence-corrected chi connectivity index (χ3v) is 5.75. The quantitative estimate of drug-likeness (QED) is 0.663. The van der Waals surface area contributed by atoms with E-state index in [9.17, 15) is 9.59 Å². The van der Waals surface area contributed by atoms with Crippen molar-refractivity contribution in [2.75, 3.05) is 32.6 Å². The van der Waals surface area contributed by atoms with Gasteiger partial charge in [0.15, 0.2) is 11.5 Å². The highest BCUT2D eigenvalue weighted by Crippen LogP contribution is 2.31. The third kappa shape index (κ3) is 4.18. The van der Waals surface area contributed by atoms with Crippen molar-refractivity contribution in [1.82, 2.24) is 19.2 Å². The molecule has 9 nitrogen and oxygen atoms in total. The van der Waals surface area contributed by atoms with Crippen LogP contribution in [0.4, 0.5) is 10.5 Å². The van der Waals surface area contributed by atoms with Crippen molar-refractivity contribution >= 4 is 11.7 Å². The molecule has 4 rings (SSSR count). The Morgan fingerprint density at radius 1 is 1.03 bits per heavy atom. The Labute approximate surface area is 186 Å². The molecule has 2 aromatic carbocycles. The fourth-order valence-corrected chi connectivity index (χ4v) is 4.03. The second-order valence-corrected chi connectivity index (χ2v) is 7.70. The molecule has 3 aromatic rings. The van der Waals surface area contributed by atoms with Crippen molar-refractivity contribution in [3.63, 3.8) is 0 Å². The van der Waals surface area contributed by atoms with Gasteiger partial charge in [0.25, 0.3) is 0 Å². The van der Waals surface area contributed by atoms with Crippen molar-refractivity contribution in [3.8, 4) is 17.2 Å². The highest BCUT2D eigenvalue weighted by molar-refractivity contribution is 5.89. The molecule has 0 atom stereocenters. The lowest BCUT2D eigenvalue weighted by Crippen LogP contribution is -2.41. The van der Waals surface area contributed by atoms with E-state index in [1.54, 1.807) is 48.9 Å². The fraction of sp³-hybridized carbons (Fsp3) is 0.348. The first-order valence-corrected chi connectivity index (χ1v) is 10.5. The van der Waals surface area contributed by atoms with Crippen LogP contribution in [0.5, 0.6) is 11.5 Å². The van der Waals surface area contributed by atoms with Gasteiger partial charge in [-0.15, -0.1) is 0 Å². The standard InChI is InChI=1S/C23H27N5O4/c1-26-23(30)28(18-7-5-4-6-8-18)21(25-26)16-11-13-27(14-12-16)22(29)24-17-9-10-19(31-2)20(15-17)32-3/h4-10,15-16H,11-14H2,1-3H3,(H,24,29). The van der Waals surface area contributed by atoms with Gasteiger partial charge < -0.3 is 19.7 Å². The number of likely N-dealkylation sites (tertiary alicyclic amines) is 1. The molecule has 1 aromatic heterocycles. The first-order valence-electron chi connectivity index (χ1n) is 10.5. The van der Waals surface area contributed by atoms with Gasteiger partial charge >= 0.3 is 11.7 Å². The Balaban J connectivity index is 1.45. The van der Waals surface area contributed by atoms with E-state index in [0.29, 0.717) is 30.3 Å². The minimum Gasteiger partial charge on any atom is -0.493 e. The Bertz CT molecular complexity index is 1150. The number of aryl methyl sites for hydroxylation is 1. The summed E-state index contributed by atoms with van der Waals surface area (Å²) in [5.41, 5.74) is 1.27. The molecule has 0 spiro atoms. The van der Waals surface area contributed by atoms with Gasteiger partial charge in [0.05, 0.1) is 19.9 Å². The molecule has 1 saturated heterocycles. The molecule has 168 valence electrons. The number of methoxy groups -OCH3 is 2.